The summed E-state index contributed by atoms with van der Waals surface area (Å²) in [4.78, 5) is 7.72. The van der Waals surface area contributed by atoms with Crippen molar-refractivity contribution in [2.24, 2.45) is 0 Å². The van der Waals surface area contributed by atoms with Crippen LogP contribution in [0, 0.1) is 11.3 Å². The first-order valence-corrected chi connectivity index (χ1v) is 8.66. The maximum absolute atomic E-state index is 9.65. The molecule has 3 aromatic carbocycles. The van der Waals surface area contributed by atoms with Gasteiger partial charge in [-0.15, -0.1) is 0 Å². The Labute approximate surface area is 157 Å². The van der Waals surface area contributed by atoms with Crippen LogP contribution < -0.4 is 4.74 Å². The van der Waals surface area contributed by atoms with E-state index in [1.165, 1.54) is 0 Å². The first kappa shape index (κ1) is 16.6. The van der Waals surface area contributed by atoms with Crippen molar-refractivity contribution in [2.75, 3.05) is 0 Å². The first-order chi connectivity index (χ1) is 13.3. The molecule has 0 aliphatic heterocycles. The molecule has 1 heterocycles. The largest absolute Gasteiger partial charge is 0.488 e. The van der Waals surface area contributed by atoms with Crippen molar-refractivity contribution in [2.45, 2.75) is 6.61 Å². The summed E-state index contributed by atoms with van der Waals surface area (Å²) in [6.07, 6.45) is 1.80. The van der Waals surface area contributed by atoms with Crippen molar-refractivity contribution in [3.63, 3.8) is 0 Å². The zero-order valence-corrected chi connectivity index (χ0v) is 14.6. The number of hydrogen-bond donors (Lipinski definition) is 1. The molecule has 1 aromatic heterocycles. The van der Waals surface area contributed by atoms with E-state index in [-0.39, 0.29) is 0 Å². The van der Waals surface area contributed by atoms with Gasteiger partial charge in [0.25, 0.3) is 0 Å². The molecule has 0 amide bonds. The molecular weight excluding hydrogens is 334 g/mol. The minimum atomic E-state index is 0.460. The van der Waals surface area contributed by atoms with Gasteiger partial charge < -0.3 is 9.72 Å². The Balaban J connectivity index is 1.64. The van der Waals surface area contributed by atoms with Crippen molar-refractivity contribution in [1.82, 2.24) is 9.97 Å². The van der Waals surface area contributed by atoms with Crippen LogP contribution in [0.2, 0.25) is 0 Å². The van der Waals surface area contributed by atoms with E-state index < -0.39 is 0 Å². The van der Waals surface area contributed by atoms with Crippen molar-refractivity contribution in [3.8, 4) is 11.8 Å². The van der Waals surface area contributed by atoms with Crippen LogP contribution in [-0.4, -0.2) is 9.97 Å². The van der Waals surface area contributed by atoms with Gasteiger partial charge in [0.15, 0.2) is 0 Å². The van der Waals surface area contributed by atoms with Crippen LogP contribution in [0.5, 0.6) is 5.75 Å². The SMILES string of the molecule is N#CC(=Cc1ccccc1OCc1ccccc1)c1nc2ccccc2[nH]1. The molecule has 130 valence electrons. The van der Waals surface area contributed by atoms with Crippen LogP contribution >= 0.6 is 0 Å². The second-order valence-corrected chi connectivity index (χ2v) is 6.08. The summed E-state index contributed by atoms with van der Waals surface area (Å²) in [6, 6.07) is 27.6. The topological polar surface area (TPSA) is 61.7 Å². The third-order valence-corrected chi connectivity index (χ3v) is 4.22. The molecule has 0 spiro atoms. The van der Waals surface area contributed by atoms with Gasteiger partial charge in [-0.05, 0) is 29.8 Å². The fourth-order valence-electron chi connectivity index (χ4n) is 2.86. The van der Waals surface area contributed by atoms with Gasteiger partial charge in [-0.2, -0.15) is 5.26 Å². The van der Waals surface area contributed by atoms with E-state index in [0.717, 1.165) is 27.9 Å². The Morgan fingerprint density at radius 3 is 2.52 bits per heavy atom. The Hall–Kier alpha value is -3.84. The zero-order valence-electron chi connectivity index (χ0n) is 14.6. The average molecular weight is 351 g/mol. The van der Waals surface area contributed by atoms with Gasteiger partial charge in [0.2, 0.25) is 0 Å². The molecule has 0 radical (unpaired) electrons. The fourth-order valence-corrected chi connectivity index (χ4v) is 2.86. The summed E-state index contributed by atoms with van der Waals surface area (Å²) in [5.41, 5.74) is 4.13. The lowest BCUT2D eigenvalue weighted by Crippen LogP contribution is -1.97. The lowest BCUT2D eigenvalue weighted by Gasteiger charge is -2.09. The molecular formula is C23H17N3O. The number of aromatic amines is 1. The third kappa shape index (κ3) is 3.73. The molecule has 27 heavy (non-hydrogen) atoms. The van der Waals surface area contributed by atoms with E-state index >= 15 is 0 Å². The highest BCUT2D eigenvalue weighted by molar-refractivity contribution is 5.91. The second-order valence-electron chi connectivity index (χ2n) is 6.08. The van der Waals surface area contributed by atoms with Crippen LogP contribution in [0.25, 0.3) is 22.7 Å². The molecule has 0 fully saturated rings. The number of allylic oxidation sites excluding steroid dienone is 1. The molecule has 4 rings (SSSR count). The number of ether oxygens (including phenoxy) is 1. The summed E-state index contributed by atoms with van der Waals surface area (Å²) in [6.45, 7) is 0.470. The number of para-hydroxylation sites is 3. The second kappa shape index (κ2) is 7.59. The van der Waals surface area contributed by atoms with Gasteiger partial charge in [0, 0.05) is 5.56 Å². The molecule has 0 bridgehead atoms. The summed E-state index contributed by atoms with van der Waals surface area (Å²) in [7, 11) is 0. The van der Waals surface area contributed by atoms with E-state index in [1.54, 1.807) is 6.08 Å². The molecule has 4 heteroatoms. The first-order valence-electron chi connectivity index (χ1n) is 8.66. The highest BCUT2D eigenvalue weighted by atomic mass is 16.5. The zero-order chi connectivity index (χ0) is 18.5. The van der Waals surface area contributed by atoms with E-state index in [0.29, 0.717) is 18.0 Å². The van der Waals surface area contributed by atoms with Crippen LogP contribution in [0.1, 0.15) is 17.0 Å². The lowest BCUT2D eigenvalue weighted by atomic mass is 10.1. The normalized spacial score (nSPS) is 11.3. The number of rotatable bonds is 5. The summed E-state index contributed by atoms with van der Waals surface area (Å²) in [5.74, 6) is 1.28. The third-order valence-electron chi connectivity index (χ3n) is 4.22. The van der Waals surface area contributed by atoms with Crippen LogP contribution in [0.15, 0.2) is 78.9 Å². The Morgan fingerprint density at radius 1 is 0.963 bits per heavy atom. The van der Waals surface area contributed by atoms with Gasteiger partial charge in [0.1, 0.15) is 24.3 Å². The standard InChI is InChI=1S/C23H17N3O/c24-15-19(23-25-20-11-5-6-12-21(20)26-23)14-18-10-4-7-13-22(18)27-16-17-8-2-1-3-9-17/h1-14H,16H2,(H,25,26). The number of nitrogens with one attached hydrogen (secondary N) is 1. The highest BCUT2D eigenvalue weighted by Crippen LogP contribution is 2.25. The number of fused-ring (bicyclic) bond motifs is 1. The van der Waals surface area contributed by atoms with E-state index in [4.69, 9.17) is 4.74 Å². The number of benzene rings is 3. The van der Waals surface area contributed by atoms with Gasteiger partial charge in [-0.25, -0.2) is 4.98 Å². The monoisotopic (exact) mass is 351 g/mol. The molecule has 0 aliphatic carbocycles. The average Bonchev–Trinajstić information content (AvgIpc) is 3.16. The molecule has 4 nitrogen and oxygen atoms in total. The van der Waals surface area contributed by atoms with Gasteiger partial charge in [0.05, 0.1) is 16.6 Å². The molecule has 0 aliphatic rings. The van der Waals surface area contributed by atoms with Crippen molar-refractivity contribution in [3.05, 3.63) is 95.8 Å². The predicted octanol–water partition coefficient (Wildman–Crippen LogP) is 5.21. The number of nitriles is 1. The van der Waals surface area contributed by atoms with E-state index in [1.807, 2.05) is 78.9 Å². The summed E-state index contributed by atoms with van der Waals surface area (Å²) < 4.78 is 5.98. The number of aromatic nitrogens is 2. The molecule has 4 aromatic rings. The number of hydrogen-bond acceptors (Lipinski definition) is 3. The number of nitrogens with zero attached hydrogens (tertiary/aromatic N) is 2. The van der Waals surface area contributed by atoms with Gasteiger partial charge in [-0.1, -0.05) is 60.7 Å². The Kier molecular flexibility index (Phi) is 4.67. The molecule has 0 atom stereocenters. The minimum Gasteiger partial charge on any atom is -0.488 e. The maximum atomic E-state index is 9.65. The van der Waals surface area contributed by atoms with Crippen molar-refractivity contribution < 1.29 is 4.74 Å². The summed E-state index contributed by atoms with van der Waals surface area (Å²) in [5, 5.41) is 9.65. The van der Waals surface area contributed by atoms with Crippen LogP contribution in [0.4, 0.5) is 0 Å². The van der Waals surface area contributed by atoms with E-state index in [9.17, 15) is 5.26 Å². The van der Waals surface area contributed by atoms with E-state index in [2.05, 4.69) is 16.0 Å². The fraction of sp³-hybridized carbons (Fsp3) is 0.0435. The smallest absolute Gasteiger partial charge is 0.149 e. The van der Waals surface area contributed by atoms with Gasteiger partial charge >= 0.3 is 0 Å². The van der Waals surface area contributed by atoms with Crippen LogP contribution in [0.3, 0.4) is 0 Å². The number of H-pyrrole nitrogens is 1. The Morgan fingerprint density at radius 2 is 1.70 bits per heavy atom. The maximum Gasteiger partial charge on any atom is 0.149 e. The predicted molar refractivity (Wildman–Crippen MR) is 107 cm³/mol. The Bertz CT molecular complexity index is 1100. The van der Waals surface area contributed by atoms with Gasteiger partial charge in [-0.3, -0.25) is 0 Å². The van der Waals surface area contributed by atoms with Crippen LogP contribution in [-0.2, 0) is 6.61 Å². The molecule has 0 unspecified atom stereocenters. The molecule has 0 saturated heterocycles. The molecule has 0 saturated carbocycles. The molecule has 1 N–H and O–H groups in total. The summed E-state index contributed by atoms with van der Waals surface area (Å²) >= 11 is 0. The van der Waals surface area contributed by atoms with Crippen molar-refractivity contribution in [1.29, 1.82) is 5.26 Å². The lowest BCUT2D eigenvalue weighted by molar-refractivity contribution is 0.305. The minimum absolute atomic E-state index is 0.460. The quantitative estimate of drug-likeness (QED) is 0.502. The highest BCUT2D eigenvalue weighted by Gasteiger charge is 2.09. The number of imidazole rings is 1. The van der Waals surface area contributed by atoms with Crippen molar-refractivity contribution >= 4 is 22.7 Å².